The van der Waals surface area contributed by atoms with Gasteiger partial charge in [-0.05, 0) is 0 Å². The fourth-order valence-electron chi connectivity index (χ4n) is 0.123. The van der Waals surface area contributed by atoms with Gasteiger partial charge in [0.05, 0.1) is 0 Å². The molecule has 0 aliphatic heterocycles. The van der Waals surface area contributed by atoms with Gasteiger partial charge in [-0.3, -0.25) is 4.55 Å². The molecule has 0 unspecified atom stereocenters. The molecule has 0 heterocycles. The third kappa shape index (κ3) is 18.3. The van der Waals surface area contributed by atoms with Crippen LogP contribution in [0, 0.1) is 0 Å². The van der Waals surface area contributed by atoms with Crippen molar-refractivity contribution in [1.29, 1.82) is 0 Å². The number of phosphoric acid groups is 1. The Morgan fingerprint density at radius 2 is 1.55 bits per heavy atom. The van der Waals surface area contributed by atoms with Crippen LogP contribution in [0.3, 0.4) is 0 Å². The summed E-state index contributed by atoms with van der Waals surface area (Å²) in [6.45, 7) is 0. The Kier molecular flexibility index (Phi) is 9.53. The first kappa shape index (κ1) is 18.1. The van der Waals surface area contributed by atoms with Gasteiger partial charge in [0.25, 0.3) is 0 Å². The molecular weight excluding hydrogens is 189 g/mol. The molecule has 11 heteroatoms. The average molecular weight is 194 g/mol. The summed E-state index contributed by atoms with van der Waals surface area (Å²) in [6.07, 6.45) is 0. The molecule has 11 heavy (non-hydrogen) atoms. The van der Waals surface area contributed by atoms with E-state index in [1.165, 1.54) is 0 Å². The molecule has 0 saturated carbocycles. The first-order chi connectivity index (χ1) is 3.71. The van der Waals surface area contributed by atoms with Gasteiger partial charge in [0.2, 0.25) is 0 Å². The SMILES string of the molecule is O=P(O)(O)OS(=O)(=O)O.[H-].[H-].[Li+].[Li+]. The second-order valence-electron chi connectivity index (χ2n) is 0.993. The van der Waals surface area contributed by atoms with Crippen LogP contribution in [0.5, 0.6) is 0 Å². The van der Waals surface area contributed by atoms with Crippen LogP contribution in [0.25, 0.3) is 0 Å². The van der Waals surface area contributed by atoms with Crippen LogP contribution >= 0.6 is 7.82 Å². The number of hydrogen-bond acceptors (Lipinski definition) is 4. The van der Waals surface area contributed by atoms with Gasteiger partial charge in [0, 0.05) is 0 Å². The van der Waals surface area contributed by atoms with Crippen molar-refractivity contribution < 1.29 is 71.9 Å². The van der Waals surface area contributed by atoms with Crippen molar-refractivity contribution in [2.75, 3.05) is 0 Å². The summed E-state index contributed by atoms with van der Waals surface area (Å²) in [7, 11) is -10.2. The Labute approximate surface area is 90.0 Å². The molecule has 0 aliphatic rings. The van der Waals surface area contributed by atoms with Crippen LogP contribution < -0.4 is 37.7 Å². The van der Waals surface area contributed by atoms with Crippen molar-refractivity contribution in [3.8, 4) is 0 Å². The Balaban J connectivity index is -0.0000000533. The van der Waals surface area contributed by atoms with Gasteiger partial charge in [0.15, 0.2) is 0 Å². The monoisotopic (exact) mass is 194 g/mol. The quantitative estimate of drug-likeness (QED) is 0.227. The van der Waals surface area contributed by atoms with E-state index in [1.807, 2.05) is 0 Å². The number of hydrogen-bond donors (Lipinski definition) is 3. The zero-order valence-electron chi connectivity index (χ0n) is 7.83. The molecule has 0 aromatic carbocycles. The van der Waals surface area contributed by atoms with Crippen molar-refractivity contribution in [3.05, 3.63) is 0 Å². The second-order valence-corrected chi connectivity index (χ2v) is 3.43. The summed E-state index contributed by atoms with van der Waals surface area (Å²) in [6, 6.07) is 0. The molecule has 0 radical (unpaired) electrons. The Hall–Kier alpha value is 1.21. The van der Waals surface area contributed by atoms with Crippen molar-refractivity contribution in [3.63, 3.8) is 0 Å². The summed E-state index contributed by atoms with van der Waals surface area (Å²) in [4.78, 5) is 15.4. The van der Waals surface area contributed by atoms with Gasteiger partial charge in [-0.25, -0.2) is 4.57 Å². The topological polar surface area (TPSA) is 121 Å². The number of rotatable bonds is 2. The third-order valence-electron chi connectivity index (χ3n) is 0.191. The average Bonchev–Trinajstić information content (AvgIpc) is 1.14. The van der Waals surface area contributed by atoms with E-state index in [0.717, 1.165) is 0 Å². The molecule has 0 fully saturated rings. The van der Waals surface area contributed by atoms with E-state index in [2.05, 4.69) is 3.97 Å². The molecule has 0 saturated heterocycles. The maximum Gasteiger partial charge on any atom is 1.00 e. The van der Waals surface area contributed by atoms with Gasteiger partial charge in [-0.15, -0.1) is 3.97 Å². The normalized spacial score (nSPS) is 11.2. The molecule has 0 aliphatic carbocycles. The molecule has 7 nitrogen and oxygen atoms in total. The van der Waals surface area contributed by atoms with Crippen LogP contribution in [-0.4, -0.2) is 22.8 Å². The molecule has 0 amide bonds. The van der Waals surface area contributed by atoms with E-state index in [4.69, 9.17) is 14.3 Å². The molecular formula is H5Li2O7PS. The minimum Gasteiger partial charge on any atom is -1.00 e. The minimum atomic E-state index is -5.13. The molecule has 0 rings (SSSR count). The maximum absolute atomic E-state index is 9.58. The van der Waals surface area contributed by atoms with Gasteiger partial charge in [0.1, 0.15) is 0 Å². The van der Waals surface area contributed by atoms with Crippen molar-refractivity contribution in [2.24, 2.45) is 0 Å². The first-order valence-electron chi connectivity index (χ1n) is 1.45. The van der Waals surface area contributed by atoms with Crippen LogP contribution in [0.15, 0.2) is 0 Å². The molecule has 0 spiro atoms. The van der Waals surface area contributed by atoms with E-state index in [9.17, 15) is 13.0 Å². The fourth-order valence-corrected chi connectivity index (χ4v) is 1.10. The maximum atomic E-state index is 9.58. The van der Waals surface area contributed by atoms with Crippen LogP contribution in [0.2, 0.25) is 0 Å². The zero-order valence-corrected chi connectivity index (χ0v) is 7.54. The molecule has 3 N–H and O–H groups in total. The van der Waals surface area contributed by atoms with E-state index >= 15 is 0 Å². The first-order valence-corrected chi connectivity index (χ1v) is 4.34. The van der Waals surface area contributed by atoms with Crippen LogP contribution in [0.4, 0.5) is 0 Å². The predicted molar refractivity (Wildman–Crippen MR) is 26.9 cm³/mol. The molecule has 60 valence electrons. The van der Waals surface area contributed by atoms with E-state index < -0.39 is 18.2 Å². The van der Waals surface area contributed by atoms with Gasteiger partial charge >= 0.3 is 55.9 Å². The molecule has 0 aromatic rings. The van der Waals surface area contributed by atoms with Crippen LogP contribution in [-0.2, 0) is 18.9 Å². The second kappa shape index (κ2) is 5.79. The predicted octanol–water partition coefficient (Wildman–Crippen LogP) is -6.87. The van der Waals surface area contributed by atoms with Crippen molar-refractivity contribution >= 4 is 18.2 Å². The summed E-state index contributed by atoms with van der Waals surface area (Å²) < 4.78 is 39.0. The van der Waals surface area contributed by atoms with Crippen molar-refractivity contribution in [2.45, 2.75) is 0 Å². The van der Waals surface area contributed by atoms with Crippen LogP contribution in [0.1, 0.15) is 2.85 Å². The minimum absolute atomic E-state index is 0. The van der Waals surface area contributed by atoms with Crippen molar-refractivity contribution in [1.82, 2.24) is 0 Å². The Bertz CT molecular complexity index is 231. The Morgan fingerprint density at radius 3 is 1.55 bits per heavy atom. The largest absolute Gasteiger partial charge is 1.00 e. The summed E-state index contributed by atoms with van der Waals surface area (Å²) in [5.41, 5.74) is 0. The standard InChI is InChI=1S/2Li.H3O7PS.2H/c;;1-8(2,3)7-9(4,5)6;;/h;;(H2,1,2,3)(H,4,5,6);;/q2*+1;;2*-1. The van der Waals surface area contributed by atoms with Gasteiger partial charge in [-0.2, -0.15) is 8.42 Å². The Morgan fingerprint density at radius 1 is 1.27 bits per heavy atom. The van der Waals surface area contributed by atoms with Gasteiger partial charge < -0.3 is 12.6 Å². The van der Waals surface area contributed by atoms with Gasteiger partial charge in [-0.1, -0.05) is 0 Å². The zero-order chi connectivity index (χ0) is 7.71. The van der Waals surface area contributed by atoms with E-state index in [1.54, 1.807) is 0 Å². The fraction of sp³-hybridized carbons (Fsp3) is 0. The summed E-state index contributed by atoms with van der Waals surface area (Å²) >= 11 is 0. The van der Waals surface area contributed by atoms with E-state index in [0.29, 0.717) is 0 Å². The molecule has 0 atom stereocenters. The smallest absolute Gasteiger partial charge is 1.00 e. The summed E-state index contributed by atoms with van der Waals surface area (Å²) in [5.74, 6) is 0. The third-order valence-corrected chi connectivity index (χ3v) is 1.72. The van der Waals surface area contributed by atoms with E-state index in [-0.39, 0.29) is 40.6 Å². The summed E-state index contributed by atoms with van der Waals surface area (Å²) in [5, 5.41) is 0. The molecule has 0 bridgehead atoms. The molecule has 0 aromatic heterocycles.